The Kier molecular flexibility index (Phi) is 17.9. The number of nitrogen functional groups attached to an aromatic ring is 1. The number of carboxylic acids is 1. The number of anilines is 1. The van der Waals surface area contributed by atoms with Crippen LogP contribution < -0.4 is 10.5 Å². The average Bonchev–Trinajstić information content (AvgIpc) is 0.751. The van der Waals surface area contributed by atoms with E-state index in [9.17, 15) is 134 Å². The van der Waals surface area contributed by atoms with Gasteiger partial charge in [0.15, 0.2) is 23.8 Å². The maximum absolute atomic E-state index is 13.2. The highest BCUT2D eigenvalue weighted by Crippen LogP contribution is 2.51. The molecule has 49 heteroatoms. The SMILES string of the molecule is Nc1c(N=Nc2ccc3c(O)c(N=Nc4ccc(N=Nc5cc(S(=O)(=O)O)cc6cc(S(=O)(=O)O)cc(S(=O)(=O)O)c56)cc4OCC(=O)O)c(S(=O)(=O)O)cc3c2S(=O)(=O)O)cc(S(=O)(=O)O)c2cc(S(=O)(=O)O)c(N=Nc3ccc(S(=O)(=O)O)cc3[N+](=O)[O-])c(O)c12. The lowest BCUT2D eigenvalue weighted by molar-refractivity contribution is -0.384. The molecule has 0 aromatic heterocycles. The van der Waals surface area contributed by atoms with Crippen molar-refractivity contribution in [3.8, 4) is 17.2 Å². The van der Waals surface area contributed by atoms with Crippen LogP contribution in [0.25, 0.3) is 32.3 Å². The Morgan fingerprint density at radius 1 is 0.441 bits per heavy atom. The molecule has 490 valence electrons. The predicted molar refractivity (Wildman–Crippen MR) is 307 cm³/mol. The lowest BCUT2D eigenvalue weighted by atomic mass is 10.0. The van der Waals surface area contributed by atoms with Gasteiger partial charge >= 0.3 is 5.97 Å². The second-order valence-corrected chi connectivity index (χ2v) is 29.4. The maximum atomic E-state index is 13.2. The Morgan fingerprint density at radius 3 is 1.45 bits per heavy atom. The second kappa shape index (κ2) is 24.1. The largest absolute Gasteiger partial charge is 0.505 e. The number of carbonyl (C=O) groups is 1. The summed E-state index contributed by atoms with van der Waals surface area (Å²) in [6.45, 7) is -1.23. The summed E-state index contributed by atoms with van der Waals surface area (Å²) >= 11 is 0. The summed E-state index contributed by atoms with van der Waals surface area (Å²) in [5.41, 5.74) is -3.70. The molecule has 0 aliphatic rings. The number of ether oxygens (including phenoxy) is 1. The van der Waals surface area contributed by atoms with Gasteiger partial charge < -0.3 is 25.8 Å². The number of nitro groups is 1. The number of azo groups is 4. The van der Waals surface area contributed by atoms with Crippen molar-refractivity contribution in [3.05, 3.63) is 101 Å². The van der Waals surface area contributed by atoms with E-state index < -0.39 is 244 Å². The second-order valence-electron chi connectivity index (χ2n) is 18.2. The Hall–Kier alpha value is -9.71. The lowest BCUT2D eigenvalue weighted by Crippen LogP contribution is -2.09. The van der Waals surface area contributed by atoms with Gasteiger partial charge in [-0.2, -0.15) is 72.5 Å². The molecule has 0 unspecified atom stereocenters. The zero-order valence-corrected chi connectivity index (χ0v) is 50.9. The molecule has 8 rings (SSSR count). The number of nitrogens with two attached hydrogens (primary N) is 1. The van der Waals surface area contributed by atoms with Crippen molar-refractivity contribution in [2.75, 3.05) is 12.3 Å². The number of phenols is 2. The molecule has 0 bridgehead atoms. The molecule has 0 saturated carbocycles. The monoisotopic (exact) mass is 1450 g/mol. The van der Waals surface area contributed by atoms with Crippen molar-refractivity contribution in [1.29, 1.82) is 0 Å². The van der Waals surface area contributed by atoms with E-state index >= 15 is 0 Å². The van der Waals surface area contributed by atoms with Crippen LogP contribution in [0.4, 0.5) is 56.9 Å². The van der Waals surface area contributed by atoms with Gasteiger partial charge in [0.25, 0.3) is 86.6 Å². The number of hydrogen-bond acceptors (Lipinski definition) is 31. The molecule has 41 nitrogen and oxygen atoms in total. The molecule has 0 aliphatic heterocycles. The summed E-state index contributed by atoms with van der Waals surface area (Å²) in [5, 5.41) is 67.7. The van der Waals surface area contributed by atoms with E-state index in [-0.39, 0.29) is 24.3 Å². The van der Waals surface area contributed by atoms with Gasteiger partial charge in [0.05, 0.1) is 37.2 Å². The number of nitro benzene ring substituents is 1. The van der Waals surface area contributed by atoms with E-state index in [0.29, 0.717) is 42.5 Å². The van der Waals surface area contributed by atoms with Gasteiger partial charge in [0.2, 0.25) is 0 Å². The summed E-state index contributed by atoms with van der Waals surface area (Å²) in [5.74, 6) is -5.36. The third-order valence-corrected chi connectivity index (χ3v) is 19.1. The predicted octanol–water partition coefficient (Wildman–Crippen LogP) is 7.15. The number of aromatic hydroxyl groups is 2. The molecule has 0 saturated heterocycles. The number of fused-ring (bicyclic) bond motifs is 3. The zero-order valence-electron chi connectivity index (χ0n) is 44.3. The Labute approximate surface area is 517 Å². The molecule has 0 heterocycles. The van der Waals surface area contributed by atoms with Crippen LogP contribution in [0.5, 0.6) is 17.2 Å². The average molecular weight is 1450 g/mol. The van der Waals surface area contributed by atoms with Crippen LogP contribution in [-0.4, -0.2) is 137 Å². The van der Waals surface area contributed by atoms with Gasteiger partial charge in [-0.25, -0.2) is 4.79 Å². The number of nitrogens with zero attached hydrogens (tertiary/aromatic N) is 9. The number of hydrogen-bond donors (Lipinski definition) is 12. The molecule has 0 amide bonds. The first-order valence-corrected chi connectivity index (χ1v) is 34.9. The van der Waals surface area contributed by atoms with Gasteiger partial charge in [-0.05, 0) is 84.2 Å². The zero-order chi connectivity index (χ0) is 69.4. The highest BCUT2D eigenvalue weighted by molar-refractivity contribution is 7.88. The highest BCUT2D eigenvalue weighted by Gasteiger charge is 2.32. The van der Waals surface area contributed by atoms with Crippen LogP contribution in [0.15, 0.2) is 171 Å². The first kappa shape index (κ1) is 69.2. The number of phenolic OH excluding ortho intramolecular Hbond substituents is 2. The number of rotatable bonds is 20. The summed E-state index contributed by atoms with van der Waals surface area (Å²) in [7, 11) is -44.1. The van der Waals surface area contributed by atoms with Crippen LogP contribution in [0.1, 0.15) is 0 Å². The van der Waals surface area contributed by atoms with Gasteiger partial charge in [0, 0.05) is 33.7 Å². The standard InChI is InChI=1S/C44H30N10O31S8/c45-39-29(15-32(89(70,71)72)24-14-35(92(79,80)81)41(43(58)38(24)39)53-47-25-5-2-19(86(61,62)63)11-30(25)54(59)60)51-49-27-6-3-22-23(44(27)93(82,83)84)13-34(91(76,77)78)40(42(22)57)52-48-26-4-1-18(9-31(26)85-16-36(55)56)46-50-28-10-20(87(64,65)66)7-17-8-21(88(67,68)69)12-33(37(17)28)90(73,74)75/h1-15,57-58H,16,45H2,(H,55,56)(H,61,62,63)(H,64,65,66)(H,67,68,69)(H,70,71,72)(H,73,74,75)(H,76,77,78)(H,79,80,81)(H,82,83,84). The minimum Gasteiger partial charge on any atom is -0.505 e. The van der Waals surface area contributed by atoms with Crippen LogP contribution >= 0.6 is 0 Å². The highest BCUT2D eigenvalue weighted by atomic mass is 32.2. The van der Waals surface area contributed by atoms with Crippen LogP contribution in [0, 0.1) is 10.1 Å². The van der Waals surface area contributed by atoms with E-state index in [2.05, 4.69) is 40.9 Å². The van der Waals surface area contributed by atoms with Gasteiger partial charge in [-0.1, -0.05) is 0 Å². The van der Waals surface area contributed by atoms with Crippen molar-refractivity contribution >= 4 is 176 Å². The summed E-state index contributed by atoms with van der Waals surface area (Å²) in [6, 6.07) is 7.87. The molecule has 0 aliphatic carbocycles. The van der Waals surface area contributed by atoms with E-state index in [1.165, 1.54) is 0 Å². The topological polar surface area (TPSA) is 690 Å². The quantitative estimate of drug-likeness (QED) is 0.0118. The third kappa shape index (κ3) is 14.7. The Bertz CT molecular complexity index is 5790. The van der Waals surface area contributed by atoms with Crippen LogP contribution in [0.3, 0.4) is 0 Å². The molecule has 0 fully saturated rings. The van der Waals surface area contributed by atoms with Crippen LogP contribution in [-0.2, 0) is 85.7 Å². The Balaban J connectivity index is 1.26. The molecular weight excluding hydrogens is 1420 g/mol. The van der Waals surface area contributed by atoms with Gasteiger partial charge in [-0.3, -0.25) is 46.5 Å². The first-order valence-electron chi connectivity index (χ1n) is 23.4. The van der Waals surface area contributed by atoms with Crippen molar-refractivity contribution in [2.24, 2.45) is 40.9 Å². The fourth-order valence-electron chi connectivity index (χ4n) is 8.33. The molecule has 8 aromatic carbocycles. The summed E-state index contributed by atoms with van der Waals surface area (Å²) < 4.78 is 285. The van der Waals surface area contributed by atoms with Crippen LogP contribution in [0.2, 0.25) is 0 Å². The van der Waals surface area contributed by atoms with Crippen molar-refractivity contribution in [2.45, 2.75) is 39.2 Å². The number of benzene rings is 8. The minimum atomic E-state index is -5.83. The molecule has 93 heavy (non-hydrogen) atoms. The minimum absolute atomic E-state index is 0.231. The van der Waals surface area contributed by atoms with Crippen molar-refractivity contribution < 1.29 is 134 Å². The number of carboxylic acid groups (broad SMARTS) is 1. The third-order valence-electron chi connectivity index (χ3n) is 12.2. The van der Waals surface area contributed by atoms with E-state index in [4.69, 9.17) is 10.5 Å². The summed E-state index contributed by atoms with van der Waals surface area (Å²) in [4.78, 5) is 11.5. The first-order chi connectivity index (χ1) is 42.6. The molecule has 0 radical (unpaired) electrons. The van der Waals surface area contributed by atoms with Crippen molar-refractivity contribution in [3.63, 3.8) is 0 Å². The molecule has 13 N–H and O–H groups in total. The van der Waals surface area contributed by atoms with E-state index in [1.807, 2.05) is 0 Å². The maximum Gasteiger partial charge on any atom is 0.341 e. The van der Waals surface area contributed by atoms with Crippen molar-refractivity contribution in [1.82, 2.24) is 0 Å². The summed E-state index contributed by atoms with van der Waals surface area (Å²) in [6.07, 6.45) is 0. The Morgan fingerprint density at radius 2 is 0.925 bits per heavy atom. The molecule has 0 atom stereocenters. The molecular formula is C44H30N10O31S8. The van der Waals surface area contributed by atoms with E-state index in [0.717, 1.165) is 24.3 Å². The number of aliphatic carboxylic acids is 1. The van der Waals surface area contributed by atoms with E-state index in [1.54, 1.807) is 0 Å². The fraction of sp³-hybridized carbons (Fsp3) is 0.0227. The fourth-order valence-corrected chi connectivity index (χ4v) is 13.6. The normalized spacial score (nSPS) is 13.4. The smallest absolute Gasteiger partial charge is 0.341 e. The molecule has 0 spiro atoms. The lowest BCUT2D eigenvalue weighted by Gasteiger charge is -2.15. The molecule has 8 aromatic rings. The van der Waals surface area contributed by atoms with Gasteiger partial charge in [-0.15, -0.1) is 35.8 Å². The van der Waals surface area contributed by atoms with Gasteiger partial charge in [0.1, 0.15) is 63.6 Å².